The standard InChI is InChI=1S/C14H15FN2O2/c1-9-7-17-11(10(2)13(9)18-3)8-19-12-5-4-6-16-14(12)15/h4-7H,8H2,1-3H3. The fourth-order valence-electron chi connectivity index (χ4n) is 1.84. The Morgan fingerprint density at radius 3 is 2.74 bits per heavy atom. The maximum absolute atomic E-state index is 13.3. The van der Waals surface area contributed by atoms with Gasteiger partial charge < -0.3 is 9.47 Å². The minimum atomic E-state index is -0.626. The zero-order valence-corrected chi connectivity index (χ0v) is 11.1. The molecule has 0 N–H and O–H groups in total. The number of pyridine rings is 2. The molecule has 5 heteroatoms. The van der Waals surface area contributed by atoms with Gasteiger partial charge in [0.2, 0.25) is 0 Å². The Kier molecular flexibility index (Phi) is 3.94. The van der Waals surface area contributed by atoms with Gasteiger partial charge in [-0.25, -0.2) is 4.98 Å². The molecule has 0 saturated heterocycles. The number of hydrogen-bond donors (Lipinski definition) is 0. The van der Waals surface area contributed by atoms with Crippen LogP contribution in [0.4, 0.5) is 4.39 Å². The van der Waals surface area contributed by atoms with Crippen LogP contribution in [0.5, 0.6) is 11.5 Å². The number of ether oxygens (including phenoxy) is 2. The Balaban J connectivity index is 2.19. The van der Waals surface area contributed by atoms with Gasteiger partial charge in [-0.1, -0.05) is 0 Å². The highest BCUT2D eigenvalue weighted by Crippen LogP contribution is 2.25. The molecule has 0 spiro atoms. The van der Waals surface area contributed by atoms with E-state index in [2.05, 4.69) is 9.97 Å². The number of aryl methyl sites for hydroxylation is 1. The van der Waals surface area contributed by atoms with E-state index in [1.54, 1.807) is 19.4 Å². The van der Waals surface area contributed by atoms with Crippen molar-refractivity contribution in [3.8, 4) is 11.5 Å². The predicted octanol–water partition coefficient (Wildman–Crippen LogP) is 2.82. The van der Waals surface area contributed by atoms with Crippen LogP contribution in [0.3, 0.4) is 0 Å². The molecule has 0 unspecified atom stereocenters. The first-order valence-corrected chi connectivity index (χ1v) is 5.86. The van der Waals surface area contributed by atoms with Crippen molar-refractivity contribution >= 4 is 0 Å². The van der Waals surface area contributed by atoms with Crippen molar-refractivity contribution in [2.75, 3.05) is 7.11 Å². The van der Waals surface area contributed by atoms with E-state index in [1.165, 1.54) is 12.3 Å². The maximum atomic E-state index is 13.3. The third-order valence-electron chi connectivity index (χ3n) is 2.84. The van der Waals surface area contributed by atoms with Crippen molar-refractivity contribution < 1.29 is 13.9 Å². The zero-order valence-electron chi connectivity index (χ0n) is 11.1. The van der Waals surface area contributed by atoms with Crippen LogP contribution in [0, 0.1) is 19.8 Å². The smallest absolute Gasteiger partial charge is 0.255 e. The monoisotopic (exact) mass is 262 g/mol. The molecule has 100 valence electrons. The van der Waals surface area contributed by atoms with Crippen LogP contribution in [0.15, 0.2) is 24.5 Å². The summed E-state index contributed by atoms with van der Waals surface area (Å²) in [7, 11) is 1.61. The van der Waals surface area contributed by atoms with Crippen LogP contribution in [0.25, 0.3) is 0 Å². The molecule has 19 heavy (non-hydrogen) atoms. The summed E-state index contributed by atoms with van der Waals surface area (Å²) >= 11 is 0. The van der Waals surface area contributed by atoms with Gasteiger partial charge in [-0.2, -0.15) is 4.39 Å². The normalized spacial score (nSPS) is 10.3. The van der Waals surface area contributed by atoms with E-state index in [1.807, 2.05) is 13.8 Å². The zero-order chi connectivity index (χ0) is 13.8. The lowest BCUT2D eigenvalue weighted by Crippen LogP contribution is -2.05. The van der Waals surface area contributed by atoms with E-state index in [0.29, 0.717) is 5.69 Å². The van der Waals surface area contributed by atoms with Crippen LogP contribution >= 0.6 is 0 Å². The highest BCUT2D eigenvalue weighted by Gasteiger charge is 2.11. The lowest BCUT2D eigenvalue weighted by atomic mass is 10.1. The van der Waals surface area contributed by atoms with Crippen molar-refractivity contribution in [1.82, 2.24) is 9.97 Å². The molecule has 2 aromatic rings. The Morgan fingerprint density at radius 2 is 2.05 bits per heavy atom. The first kappa shape index (κ1) is 13.3. The molecule has 0 radical (unpaired) electrons. The Hall–Kier alpha value is -2.17. The van der Waals surface area contributed by atoms with Crippen LogP contribution in [-0.2, 0) is 6.61 Å². The molecule has 0 aliphatic rings. The average Bonchev–Trinajstić information content (AvgIpc) is 2.40. The molecule has 0 aliphatic heterocycles. The number of hydrogen-bond acceptors (Lipinski definition) is 4. The molecule has 0 aromatic carbocycles. The minimum Gasteiger partial charge on any atom is -0.496 e. The minimum absolute atomic E-state index is 0.114. The third-order valence-corrected chi connectivity index (χ3v) is 2.84. The quantitative estimate of drug-likeness (QED) is 0.795. The Bertz CT molecular complexity index is 588. The number of methoxy groups -OCH3 is 1. The number of rotatable bonds is 4. The second-order valence-electron chi connectivity index (χ2n) is 4.13. The summed E-state index contributed by atoms with van der Waals surface area (Å²) in [6, 6.07) is 3.15. The molecule has 0 bridgehead atoms. The Labute approximate surface area is 111 Å². The first-order chi connectivity index (χ1) is 9.13. The van der Waals surface area contributed by atoms with Gasteiger partial charge in [0, 0.05) is 23.5 Å². The molecular weight excluding hydrogens is 247 g/mol. The second kappa shape index (κ2) is 5.65. The molecule has 2 aromatic heterocycles. The van der Waals surface area contributed by atoms with Crippen molar-refractivity contribution in [3.05, 3.63) is 47.3 Å². The molecule has 4 nitrogen and oxygen atoms in total. The van der Waals surface area contributed by atoms with Crippen molar-refractivity contribution in [2.24, 2.45) is 0 Å². The maximum Gasteiger partial charge on any atom is 0.255 e. The third kappa shape index (κ3) is 2.81. The van der Waals surface area contributed by atoms with Crippen molar-refractivity contribution in [3.63, 3.8) is 0 Å². The van der Waals surface area contributed by atoms with Gasteiger partial charge >= 0.3 is 0 Å². The summed E-state index contributed by atoms with van der Waals surface area (Å²) in [5.41, 5.74) is 2.56. The van der Waals surface area contributed by atoms with Crippen LogP contribution in [0.2, 0.25) is 0 Å². The van der Waals surface area contributed by atoms with E-state index in [0.717, 1.165) is 16.9 Å². The highest BCUT2D eigenvalue weighted by molar-refractivity contribution is 5.41. The number of nitrogens with zero attached hydrogens (tertiary/aromatic N) is 2. The van der Waals surface area contributed by atoms with Gasteiger partial charge in [0.1, 0.15) is 12.4 Å². The molecule has 0 saturated carbocycles. The number of aromatic nitrogens is 2. The summed E-state index contributed by atoms with van der Waals surface area (Å²) in [5.74, 6) is 0.266. The van der Waals surface area contributed by atoms with E-state index in [4.69, 9.17) is 9.47 Å². The summed E-state index contributed by atoms with van der Waals surface area (Å²) in [4.78, 5) is 7.81. The van der Waals surface area contributed by atoms with Gasteiger partial charge in [0.05, 0.1) is 12.8 Å². The van der Waals surface area contributed by atoms with Crippen LogP contribution in [0.1, 0.15) is 16.8 Å². The van der Waals surface area contributed by atoms with Gasteiger partial charge in [-0.3, -0.25) is 4.98 Å². The summed E-state index contributed by atoms with van der Waals surface area (Å²) < 4.78 is 24.0. The fraction of sp³-hybridized carbons (Fsp3) is 0.286. The SMILES string of the molecule is COc1c(C)cnc(COc2cccnc2F)c1C. The summed E-state index contributed by atoms with van der Waals surface area (Å²) in [6.45, 7) is 3.99. The van der Waals surface area contributed by atoms with Gasteiger partial charge in [0.15, 0.2) is 5.75 Å². The van der Waals surface area contributed by atoms with Crippen LogP contribution < -0.4 is 9.47 Å². The number of halogens is 1. The summed E-state index contributed by atoms with van der Waals surface area (Å²) in [6.07, 6.45) is 3.09. The molecule has 0 atom stereocenters. The van der Waals surface area contributed by atoms with Gasteiger partial charge in [0.25, 0.3) is 5.95 Å². The van der Waals surface area contributed by atoms with Crippen molar-refractivity contribution in [2.45, 2.75) is 20.5 Å². The highest BCUT2D eigenvalue weighted by atomic mass is 19.1. The average molecular weight is 262 g/mol. The lowest BCUT2D eigenvalue weighted by Gasteiger charge is -2.13. The van der Waals surface area contributed by atoms with E-state index in [-0.39, 0.29) is 12.4 Å². The van der Waals surface area contributed by atoms with Crippen molar-refractivity contribution in [1.29, 1.82) is 0 Å². The molecule has 2 heterocycles. The molecule has 0 aliphatic carbocycles. The second-order valence-corrected chi connectivity index (χ2v) is 4.13. The Morgan fingerprint density at radius 1 is 1.26 bits per heavy atom. The van der Waals surface area contributed by atoms with Gasteiger partial charge in [-0.15, -0.1) is 0 Å². The van der Waals surface area contributed by atoms with Gasteiger partial charge in [-0.05, 0) is 26.0 Å². The molecule has 0 fully saturated rings. The molecule has 2 rings (SSSR count). The predicted molar refractivity (Wildman–Crippen MR) is 68.8 cm³/mol. The summed E-state index contributed by atoms with van der Waals surface area (Å²) in [5, 5.41) is 0. The topological polar surface area (TPSA) is 44.2 Å². The molecule has 0 amide bonds. The van der Waals surface area contributed by atoms with E-state index < -0.39 is 5.95 Å². The largest absolute Gasteiger partial charge is 0.496 e. The molecular formula is C14H15FN2O2. The van der Waals surface area contributed by atoms with Crippen LogP contribution in [-0.4, -0.2) is 17.1 Å². The van der Waals surface area contributed by atoms with E-state index in [9.17, 15) is 4.39 Å². The fourth-order valence-corrected chi connectivity index (χ4v) is 1.84. The van der Waals surface area contributed by atoms with E-state index >= 15 is 0 Å². The first-order valence-electron chi connectivity index (χ1n) is 5.86. The lowest BCUT2D eigenvalue weighted by molar-refractivity contribution is 0.279.